The number of rotatable bonds is 4. The van der Waals surface area contributed by atoms with Gasteiger partial charge in [0.05, 0.1) is 10.2 Å². The molecule has 1 amide bonds. The van der Waals surface area contributed by atoms with E-state index in [0.717, 1.165) is 15.8 Å². The number of amides is 1. The number of nitrogens with one attached hydrogen (secondary N) is 3. The van der Waals surface area contributed by atoms with Crippen molar-refractivity contribution in [3.8, 4) is 0 Å². The zero-order valence-corrected chi connectivity index (χ0v) is 13.2. The maximum Gasteiger partial charge on any atom is 0.278 e. The van der Waals surface area contributed by atoms with Crippen molar-refractivity contribution in [2.75, 3.05) is 12.4 Å². The Kier molecular flexibility index (Phi) is 4.22. The molecule has 1 aliphatic rings. The van der Waals surface area contributed by atoms with Crippen LogP contribution in [0.4, 0.5) is 5.13 Å². The third kappa shape index (κ3) is 3.01. The van der Waals surface area contributed by atoms with E-state index in [0.29, 0.717) is 5.13 Å². The Balaban J connectivity index is 1.78. The number of hydrogen-bond donors (Lipinski definition) is 3. The van der Waals surface area contributed by atoms with E-state index in [4.69, 9.17) is 4.74 Å². The molecule has 3 unspecified atom stereocenters. The van der Waals surface area contributed by atoms with Crippen LogP contribution in [0.15, 0.2) is 18.2 Å². The Morgan fingerprint density at radius 2 is 2.26 bits per heavy atom. The number of nitro groups is 1. The van der Waals surface area contributed by atoms with Gasteiger partial charge in [-0.3, -0.25) is 14.9 Å². The van der Waals surface area contributed by atoms with Gasteiger partial charge in [-0.25, -0.2) is 15.8 Å². The smallest absolute Gasteiger partial charge is 0.278 e. The van der Waals surface area contributed by atoms with Crippen molar-refractivity contribution in [3.63, 3.8) is 0 Å². The van der Waals surface area contributed by atoms with Gasteiger partial charge in [-0.2, -0.15) is 0 Å². The van der Waals surface area contributed by atoms with E-state index in [-0.39, 0.29) is 0 Å². The van der Waals surface area contributed by atoms with Crippen molar-refractivity contribution in [1.29, 1.82) is 0 Å². The molecule has 0 radical (unpaired) electrons. The average Bonchev–Trinajstić information content (AvgIpc) is 3.09. The topological polar surface area (TPSA) is 118 Å². The molecule has 23 heavy (non-hydrogen) atoms. The summed E-state index contributed by atoms with van der Waals surface area (Å²) in [5.41, 5.74) is 7.06. The average molecular weight is 337 g/mol. The summed E-state index contributed by atoms with van der Waals surface area (Å²) >= 11 is 1.32. The lowest BCUT2D eigenvalue weighted by molar-refractivity contribution is -0.532. The van der Waals surface area contributed by atoms with Crippen molar-refractivity contribution in [2.45, 2.75) is 25.2 Å². The number of anilines is 1. The van der Waals surface area contributed by atoms with Gasteiger partial charge in [-0.1, -0.05) is 17.4 Å². The number of aromatic nitrogens is 1. The molecule has 122 valence electrons. The fraction of sp³-hybridized carbons (Fsp3) is 0.385. The van der Waals surface area contributed by atoms with Gasteiger partial charge >= 0.3 is 0 Å². The summed E-state index contributed by atoms with van der Waals surface area (Å²) in [6.45, 7) is 1.97. The zero-order chi connectivity index (χ0) is 16.6. The van der Waals surface area contributed by atoms with Crippen molar-refractivity contribution < 1.29 is 14.5 Å². The predicted octanol–water partition coefficient (Wildman–Crippen LogP) is 0.637. The molecule has 2 heterocycles. The van der Waals surface area contributed by atoms with Crippen molar-refractivity contribution in [1.82, 2.24) is 15.8 Å². The van der Waals surface area contributed by atoms with E-state index in [9.17, 15) is 14.9 Å². The van der Waals surface area contributed by atoms with Gasteiger partial charge in [-0.15, -0.1) is 0 Å². The Morgan fingerprint density at radius 3 is 2.96 bits per heavy atom. The molecular weight excluding hydrogens is 322 g/mol. The largest absolute Gasteiger partial charge is 0.358 e. The number of carbonyl (C=O) groups excluding carboxylic acids is 1. The predicted molar refractivity (Wildman–Crippen MR) is 84.6 cm³/mol. The van der Waals surface area contributed by atoms with Gasteiger partial charge in [0.15, 0.2) is 17.4 Å². The molecular formula is C13H15N5O4S. The summed E-state index contributed by atoms with van der Waals surface area (Å²) < 4.78 is 5.91. The Morgan fingerprint density at radius 1 is 1.48 bits per heavy atom. The molecule has 10 heteroatoms. The highest BCUT2D eigenvalue weighted by Gasteiger charge is 2.49. The number of fused-ring (bicyclic) bond motifs is 1. The standard InChI is InChI=1S/C13H15N5O4S/c1-6-3-4-7-8(5-6)23-13(14-7)15-11(19)9-10(18(20)21)12(22-2)17-16-9/h3-5,9-10,12,16-17H,1-2H3,(H,14,15,19). The Bertz CT molecular complexity index is 764. The third-order valence-corrected chi connectivity index (χ3v) is 4.52. The van der Waals surface area contributed by atoms with Crippen LogP contribution in [-0.2, 0) is 9.53 Å². The van der Waals surface area contributed by atoms with Gasteiger partial charge in [0.1, 0.15) is 0 Å². The number of aryl methyl sites for hydroxylation is 1. The monoisotopic (exact) mass is 337 g/mol. The molecule has 0 saturated carbocycles. The highest BCUT2D eigenvalue weighted by atomic mass is 32.1. The lowest BCUT2D eigenvalue weighted by Crippen LogP contribution is -2.47. The Labute approximate surface area is 135 Å². The first kappa shape index (κ1) is 15.7. The van der Waals surface area contributed by atoms with Crippen molar-refractivity contribution in [2.24, 2.45) is 0 Å². The molecule has 1 fully saturated rings. The molecule has 0 spiro atoms. The maximum absolute atomic E-state index is 12.3. The quantitative estimate of drug-likeness (QED) is 0.553. The summed E-state index contributed by atoms with van der Waals surface area (Å²) in [4.78, 5) is 27.3. The Hall–Kier alpha value is -2.14. The first-order chi connectivity index (χ1) is 11.0. The minimum absolute atomic E-state index is 0.403. The van der Waals surface area contributed by atoms with Crippen LogP contribution < -0.4 is 16.2 Å². The summed E-state index contributed by atoms with van der Waals surface area (Å²) in [7, 11) is 1.34. The molecule has 9 nitrogen and oxygen atoms in total. The van der Waals surface area contributed by atoms with Crippen LogP contribution in [-0.4, -0.2) is 41.2 Å². The lowest BCUT2D eigenvalue weighted by Gasteiger charge is -2.13. The molecule has 0 bridgehead atoms. The van der Waals surface area contributed by atoms with E-state index >= 15 is 0 Å². The summed E-state index contributed by atoms with van der Waals surface area (Å²) in [5, 5.41) is 14.2. The number of ether oxygens (including phenoxy) is 1. The van der Waals surface area contributed by atoms with Crippen molar-refractivity contribution in [3.05, 3.63) is 33.9 Å². The van der Waals surface area contributed by atoms with E-state index < -0.39 is 29.1 Å². The van der Waals surface area contributed by atoms with Crippen LogP contribution in [0, 0.1) is 17.0 Å². The highest BCUT2D eigenvalue weighted by molar-refractivity contribution is 7.22. The second kappa shape index (κ2) is 6.16. The van der Waals surface area contributed by atoms with Crippen LogP contribution in [0.5, 0.6) is 0 Å². The molecule has 3 atom stereocenters. The minimum Gasteiger partial charge on any atom is -0.358 e. The SMILES string of the molecule is COC1NNC(C(=O)Nc2nc3ccc(C)cc3s2)C1[N+](=O)[O-]. The van der Waals surface area contributed by atoms with Crippen LogP contribution >= 0.6 is 11.3 Å². The minimum atomic E-state index is -1.23. The van der Waals surface area contributed by atoms with E-state index in [2.05, 4.69) is 21.2 Å². The molecule has 1 aromatic heterocycles. The number of nitrogens with zero attached hydrogens (tertiary/aromatic N) is 2. The maximum atomic E-state index is 12.3. The van der Waals surface area contributed by atoms with Crippen LogP contribution in [0.3, 0.4) is 0 Å². The third-order valence-electron chi connectivity index (χ3n) is 3.59. The van der Waals surface area contributed by atoms with Gasteiger partial charge in [-0.05, 0) is 24.6 Å². The second-order valence-corrected chi connectivity index (χ2v) is 6.21. The number of hydrogen-bond acceptors (Lipinski definition) is 8. The van der Waals surface area contributed by atoms with Crippen molar-refractivity contribution >= 4 is 32.6 Å². The number of benzene rings is 1. The normalized spacial score (nSPS) is 24.0. The fourth-order valence-electron chi connectivity index (χ4n) is 2.44. The summed E-state index contributed by atoms with van der Waals surface area (Å²) in [6, 6.07) is 3.49. The first-order valence-corrected chi connectivity index (χ1v) is 7.66. The second-order valence-electron chi connectivity index (χ2n) is 5.18. The van der Waals surface area contributed by atoms with Crippen LogP contribution in [0.25, 0.3) is 10.2 Å². The molecule has 3 N–H and O–H groups in total. The van der Waals surface area contributed by atoms with E-state index in [1.54, 1.807) is 0 Å². The molecule has 1 aromatic carbocycles. The molecule has 1 saturated heterocycles. The number of carbonyl (C=O) groups is 1. The molecule has 1 aliphatic heterocycles. The van der Waals surface area contributed by atoms with Gasteiger partial charge in [0.25, 0.3) is 11.9 Å². The van der Waals surface area contributed by atoms with Crippen LogP contribution in [0.2, 0.25) is 0 Å². The van der Waals surface area contributed by atoms with E-state index in [1.807, 2.05) is 25.1 Å². The molecule has 2 aromatic rings. The first-order valence-electron chi connectivity index (χ1n) is 6.85. The number of thiazole rings is 1. The van der Waals surface area contributed by atoms with Gasteiger partial charge < -0.3 is 10.1 Å². The molecule has 3 rings (SSSR count). The highest BCUT2D eigenvalue weighted by Crippen LogP contribution is 2.27. The van der Waals surface area contributed by atoms with E-state index in [1.165, 1.54) is 18.4 Å². The zero-order valence-electron chi connectivity index (χ0n) is 12.4. The fourth-order valence-corrected chi connectivity index (χ4v) is 3.40. The molecule has 0 aliphatic carbocycles. The summed E-state index contributed by atoms with van der Waals surface area (Å²) in [6.07, 6.45) is -0.876. The lowest BCUT2D eigenvalue weighted by atomic mass is 10.1. The number of hydrazine groups is 1. The van der Waals surface area contributed by atoms with Crippen LogP contribution in [0.1, 0.15) is 5.56 Å². The van der Waals surface area contributed by atoms with Gasteiger partial charge in [0, 0.05) is 12.0 Å². The number of methoxy groups -OCH3 is 1. The summed E-state index contributed by atoms with van der Waals surface area (Å²) in [5.74, 6) is -0.533. The van der Waals surface area contributed by atoms with Gasteiger partial charge in [0.2, 0.25) is 0 Å².